The Morgan fingerprint density at radius 3 is 1.34 bits per heavy atom. The summed E-state index contributed by atoms with van der Waals surface area (Å²) in [7, 11) is 0. The van der Waals surface area contributed by atoms with Crippen LogP contribution in [-0.2, 0) is 34.1 Å². The zero-order chi connectivity index (χ0) is 28.3. The fourth-order valence-corrected chi connectivity index (χ4v) is 11.1. The summed E-state index contributed by atoms with van der Waals surface area (Å²) in [6.07, 6.45) is 0. The van der Waals surface area contributed by atoms with E-state index in [1.807, 2.05) is 0 Å². The molecule has 41 heavy (non-hydrogen) atoms. The molecule has 0 radical (unpaired) electrons. The molecule has 5 heteroatoms. The number of hydrogen-bond acceptors (Lipinski definition) is 4. The third-order valence-corrected chi connectivity index (χ3v) is 12.6. The molecular weight excluding hydrogens is 684 g/mol. The van der Waals surface area contributed by atoms with E-state index in [0.717, 1.165) is 6.67 Å². The van der Waals surface area contributed by atoms with Gasteiger partial charge in [-0.3, -0.25) is 0 Å². The molecule has 0 aliphatic carbocycles. The van der Waals surface area contributed by atoms with E-state index in [9.17, 15) is 0 Å². The number of fused-ring (bicyclic) bond motifs is 10. The van der Waals surface area contributed by atoms with E-state index >= 15 is 0 Å². The van der Waals surface area contributed by atoms with Gasteiger partial charge < -0.3 is 0 Å². The fourth-order valence-electron chi connectivity index (χ4n) is 6.79. The summed E-state index contributed by atoms with van der Waals surface area (Å²) in [6.45, 7) is 14.9. The van der Waals surface area contributed by atoms with E-state index < -0.39 is 17.6 Å². The Kier molecular flexibility index (Phi) is 5.10. The normalized spacial score (nSPS) is 20.7. The molecule has 6 bridgehead atoms. The number of anilines is 4. The number of nitrogens with zero attached hydrogens (tertiary/aromatic N) is 4. The zero-order valence-electron chi connectivity index (χ0n) is 24.4. The quantitative estimate of drug-likeness (QED) is 0.182. The van der Waals surface area contributed by atoms with Crippen molar-refractivity contribution in [2.24, 2.45) is 0 Å². The summed E-state index contributed by atoms with van der Waals surface area (Å²) in [6, 6.07) is 39.2. The second-order valence-corrected chi connectivity index (χ2v) is 15.5. The summed E-state index contributed by atoms with van der Waals surface area (Å²) in [5.41, 5.74) is 9.15. The molecule has 0 N–H and O–H groups in total. The first-order valence-corrected chi connectivity index (χ1v) is 16.6. The van der Waals surface area contributed by atoms with Crippen LogP contribution in [0.4, 0.5) is 22.7 Å². The Balaban J connectivity index is 1.51. The van der Waals surface area contributed by atoms with Crippen LogP contribution in [0.3, 0.4) is 0 Å². The van der Waals surface area contributed by atoms with Crippen molar-refractivity contribution in [3.8, 4) is 0 Å². The van der Waals surface area contributed by atoms with E-state index in [2.05, 4.69) is 158 Å². The van der Waals surface area contributed by atoms with Gasteiger partial charge in [-0.1, -0.05) is 0 Å². The Hall–Kier alpha value is -3.49. The molecule has 0 saturated heterocycles. The third-order valence-electron chi connectivity index (χ3n) is 9.38. The standard InChI is InChI=1S/C36H34N4.Pt/c1-34(2)26-13-11-15-28(21-26)35(3,4)39-24-37(30-17-7-9-19-32(30)39)23-38-25-40(33-20-10-8-18-31(33)38)36(5,6)29-16-12-14-27(34)22-29;/h7-20H,23H2,1-6H3;/q-2;. The molecule has 0 atom stereocenters. The zero-order valence-corrected chi connectivity index (χ0v) is 26.7. The molecule has 4 aromatic rings. The van der Waals surface area contributed by atoms with Gasteiger partial charge in [0.1, 0.15) is 0 Å². The monoisotopic (exact) mass is 717 g/mol. The van der Waals surface area contributed by atoms with Gasteiger partial charge in [-0.05, 0) is 0 Å². The van der Waals surface area contributed by atoms with Crippen molar-refractivity contribution in [3.63, 3.8) is 0 Å². The number of rotatable bonds is 0. The Morgan fingerprint density at radius 2 is 0.902 bits per heavy atom. The summed E-state index contributed by atoms with van der Waals surface area (Å²) in [5, 5.41) is 0. The van der Waals surface area contributed by atoms with Crippen LogP contribution in [0.5, 0.6) is 0 Å². The maximum atomic E-state index is 3.93. The molecule has 0 spiro atoms. The first-order valence-electron chi connectivity index (χ1n) is 14.3. The van der Waals surface area contributed by atoms with Crippen LogP contribution in [-0.4, -0.2) is 15.0 Å². The van der Waals surface area contributed by atoms with Crippen LogP contribution in [0, 0.1) is 12.1 Å². The van der Waals surface area contributed by atoms with Gasteiger partial charge in [0.25, 0.3) is 0 Å². The van der Waals surface area contributed by atoms with Gasteiger partial charge in [0.05, 0.1) is 0 Å². The van der Waals surface area contributed by atoms with Crippen LogP contribution in [0.1, 0.15) is 63.8 Å². The molecule has 0 saturated carbocycles. The van der Waals surface area contributed by atoms with Gasteiger partial charge in [-0.25, -0.2) is 0 Å². The second kappa shape index (κ2) is 8.29. The fraction of sp³-hybridized carbons (Fsp3) is 0.278. The second-order valence-electron chi connectivity index (χ2n) is 12.9. The van der Waals surface area contributed by atoms with E-state index in [1.165, 1.54) is 53.3 Å². The summed E-state index contributed by atoms with van der Waals surface area (Å²) >= 11 is -0.583. The van der Waals surface area contributed by atoms with Crippen molar-refractivity contribution >= 4 is 31.0 Å². The van der Waals surface area contributed by atoms with Crippen molar-refractivity contribution in [2.45, 2.75) is 58.0 Å². The predicted molar refractivity (Wildman–Crippen MR) is 166 cm³/mol. The predicted octanol–water partition coefficient (Wildman–Crippen LogP) is 6.98. The van der Waals surface area contributed by atoms with Crippen LogP contribution in [0.2, 0.25) is 0 Å². The Morgan fingerprint density at radius 1 is 0.512 bits per heavy atom. The molecule has 210 valence electrons. The minimum absolute atomic E-state index is 0.255. The first-order chi connectivity index (χ1) is 19.6. The molecule has 4 nitrogen and oxygen atoms in total. The van der Waals surface area contributed by atoms with Crippen LogP contribution in [0.15, 0.2) is 84.9 Å². The van der Waals surface area contributed by atoms with Crippen molar-refractivity contribution in [1.29, 1.82) is 0 Å². The van der Waals surface area contributed by atoms with Crippen molar-refractivity contribution in [1.82, 2.24) is 0 Å². The maximum absolute atomic E-state index is 3.93. The third kappa shape index (κ3) is 3.32. The van der Waals surface area contributed by atoms with Crippen LogP contribution >= 0.6 is 0 Å². The van der Waals surface area contributed by atoms with E-state index in [0.29, 0.717) is 0 Å². The number of benzene rings is 4. The van der Waals surface area contributed by atoms with Crippen molar-refractivity contribution < 1.29 is 17.6 Å². The van der Waals surface area contributed by atoms with Crippen LogP contribution in [0.25, 0.3) is 0 Å². The molecule has 4 aliphatic heterocycles. The molecule has 0 amide bonds. The molecule has 0 aromatic heterocycles. The summed E-state index contributed by atoms with van der Waals surface area (Å²) in [4.78, 5) is 10.4. The van der Waals surface area contributed by atoms with E-state index in [4.69, 9.17) is 0 Å². The van der Waals surface area contributed by atoms with E-state index in [-0.39, 0.29) is 16.5 Å². The van der Waals surface area contributed by atoms with E-state index in [1.54, 1.807) is 0 Å². The topological polar surface area (TPSA) is 13.0 Å². The summed E-state index contributed by atoms with van der Waals surface area (Å²) in [5.74, 6) is 0. The molecule has 4 aliphatic rings. The molecule has 8 rings (SSSR count). The van der Waals surface area contributed by atoms with Gasteiger partial charge in [0, 0.05) is 0 Å². The van der Waals surface area contributed by atoms with Gasteiger partial charge >= 0.3 is 252 Å². The van der Waals surface area contributed by atoms with Crippen LogP contribution < -0.4 is 19.6 Å². The molecular formula is C36H34N4Pt-2. The van der Waals surface area contributed by atoms with Gasteiger partial charge in [0.15, 0.2) is 0 Å². The number of para-hydroxylation sites is 4. The minimum atomic E-state index is -0.583. The molecule has 0 fully saturated rings. The first kappa shape index (κ1) is 25.2. The van der Waals surface area contributed by atoms with Crippen molar-refractivity contribution in [2.75, 3.05) is 26.3 Å². The molecule has 4 heterocycles. The Labute approximate surface area is 251 Å². The molecule has 4 aromatic carbocycles. The van der Waals surface area contributed by atoms with Gasteiger partial charge in [0.2, 0.25) is 0 Å². The number of hydrogen-bond donors (Lipinski definition) is 0. The Bertz CT molecular complexity index is 1700. The average molecular weight is 718 g/mol. The average Bonchev–Trinajstić information content (AvgIpc) is 3.48. The SMILES string of the molecule is CC1(C)c2[c-]c(ccc2)C(C)(C)N2[C]3=[Pt]=[C]4N(CN3c3ccccc32)c2ccccc2N4C(C)(C)c2[c-]c1ccc2. The van der Waals surface area contributed by atoms with Gasteiger partial charge in [-0.2, -0.15) is 0 Å². The molecule has 0 unspecified atom stereocenters. The van der Waals surface area contributed by atoms with Gasteiger partial charge in [-0.15, -0.1) is 0 Å². The summed E-state index contributed by atoms with van der Waals surface area (Å²) < 4.78 is 2.87. The van der Waals surface area contributed by atoms with Crippen molar-refractivity contribution in [3.05, 3.63) is 119 Å².